The van der Waals surface area contributed by atoms with Gasteiger partial charge in [0.05, 0.1) is 11.2 Å². The topological polar surface area (TPSA) is 57.2 Å². The van der Waals surface area contributed by atoms with Gasteiger partial charge in [-0.1, -0.05) is 12.1 Å². The van der Waals surface area contributed by atoms with E-state index in [-0.39, 0.29) is 6.61 Å². The monoisotopic (exact) mass is 392 g/mol. The fourth-order valence-corrected chi connectivity index (χ4v) is 3.19. The van der Waals surface area contributed by atoms with Crippen molar-refractivity contribution in [3.8, 4) is 5.75 Å². The summed E-state index contributed by atoms with van der Waals surface area (Å²) >= 11 is 0. The van der Waals surface area contributed by atoms with Crippen LogP contribution in [0.3, 0.4) is 0 Å². The van der Waals surface area contributed by atoms with Crippen LogP contribution in [0.5, 0.6) is 5.75 Å². The van der Waals surface area contributed by atoms with Gasteiger partial charge in [0.15, 0.2) is 0 Å². The molecule has 0 aliphatic carbocycles. The molecule has 7 heteroatoms. The first kappa shape index (κ1) is 21.3. The van der Waals surface area contributed by atoms with Crippen LogP contribution in [0.15, 0.2) is 30.0 Å². The number of benzene rings is 1. The first-order valence-electron chi connectivity index (χ1n) is 9.78. The summed E-state index contributed by atoms with van der Waals surface area (Å²) < 4.78 is 37.8. The molecule has 5 nitrogen and oxygen atoms in total. The third-order valence-electron chi connectivity index (χ3n) is 6.02. The molecule has 3 rings (SSSR count). The van der Waals surface area contributed by atoms with E-state index in [1.807, 2.05) is 33.8 Å². The Kier molecular flexibility index (Phi) is 5.92. The highest BCUT2D eigenvalue weighted by Crippen LogP contribution is 2.40. The summed E-state index contributed by atoms with van der Waals surface area (Å²) in [5.41, 5.74) is -1.40. The molecule has 0 unspecified atom stereocenters. The molecular formula is C21H30BFO5. The van der Waals surface area contributed by atoms with Gasteiger partial charge in [0.1, 0.15) is 23.7 Å². The van der Waals surface area contributed by atoms with Crippen LogP contribution in [-0.2, 0) is 14.0 Å². The predicted molar refractivity (Wildman–Crippen MR) is 107 cm³/mol. The first-order chi connectivity index (χ1) is 13.0. The molecule has 0 spiro atoms. The third-order valence-corrected chi connectivity index (χ3v) is 6.02. The van der Waals surface area contributed by atoms with E-state index in [0.717, 1.165) is 0 Å². The lowest BCUT2D eigenvalue weighted by Gasteiger charge is -2.32. The van der Waals surface area contributed by atoms with E-state index < -0.39 is 29.6 Å². The molecule has 2 fully saturated rings. The van der Waals surface area contributed by atoms with E-state index in [0.29, 0.717) is 42.9 Å². The molecule has 0 radical (unpaired) electrons. The van der Waals surface area contributed by atoms with Crippen LogP contribution in [0, 0.1) is 0 Å². The Labute approximate surface area is 167 Å². The van der Waals surface area contributed by atoms with Crippen molar-refractivity contribution in [2.75, 3.05) is 19.8 Å². The maximum absolute atomic E-state index is 15.1. The predicted octanol–water partition coefficient (Wildman–Crippen LogP) is 3.94. The zero-order chi connectivity index (χ0) is 20.6. The highest BCUT2D eigenvalue weighted by molar-refractivity contribution is 6.55. The largest absolute Gasteiger partial charge is 0.525 e. The Bertz CT molecular complexity index is 724. The van der Waals surface area contributed by atoms with Gasteiger partial charge in [-0.15, -0.1) is 0 Å². The molecular weight excluding hydrogens is 362 g/mol. The molecule has 2 aliphatic heterocycles. The molecule has 1 aromatic carbocycles. The zero-order valence-electron chi connectivity index (χ0n) is 17.4. The van der Waals surface area contributed by atoms with Gasteiger partial charge in [-0.25, -0.2) is 4.39 Å². The van der Waals surface area contributed by atoms with Crippen molar-refractivity contribution in [1.29, 1.82) is 0 Å². The second-order valence-electron chi connectivity index (χ2n) is 8.71. The average molecular weight is 392 g/mol. The van der Waals surface area contributed by atoms with E-state index in [1.165, 1.54) is 0 Å². The molecule has 1 N–H and O–H groups in total. The van der Waals surface area contributed by atoms with Crippen LogP contribution in [0.4, 0.5) is 4.39 Å². The minimum absolute atomic E-state index is 0.183. The van der Waals surface area contributed by atoms with Crippen LogP contribution in [0.2, 0.25) is 0 Å². The Morgan fingerprint density at radius 3 is 2.36 bits per heavy atom. The Morgan fingerprint density at radius 2 is 1.75 bits per heavy atom. The molecule has 2 heterocycles. The summed E-state index contributed by atoms with van der Waals surface area (Å²) in [7, 11) is -1.03. The van der Waals surface area contributed by atoms with E-state index in [1.54, 1.807) is 25.1 Å². The number of rotatable bonds is 5. The minimum atomic E-state index is -1.03. The van der Waals surface area contributed by atoms with Crippen molar-refractivity contribution in [2.24, 2.45) is 0 Å². The quantitative estimate of drug-likeness (QED) is 0.770. The maximum Gasteiger partial charge on any atom is 0.525 e. The maximum atomic E-state index is 15.1. The molecule has 2 saturated heterocycles. The lowest BCUT2D eigenvalue weighted by atomic mass is 9.83. The number of hydrogen-bond donors (Lipinski definition) is 1. The molecule has 28 heavy (non-hydrogen) atoms. The van der Waals surface area contributed by atoms with Gasteiger partial charge >= 0.3 is 7.12 Å². The summed E-state index contributed by atoms with van der Waals surface area (Å²) in [6.45, 7) is 10.5. The number of allylic oxidation sites excluding steroid dienone is 1. The molecule has 0 bridgehead atoms. The van der Waals surface area contributed by atoms with Crippen molar-refractivity contribution < 1.29 is 28.3 Å². The molecule has 1 aromatic rings. The van der Waals surface area contributed by atoms with Gasteiger partial charge in [-0.3, -0.25) is 0 Å². The summed E-state index contributed by atoms with van der Waals surface area (Å²) in [4.78, 5) is 0. The third kappa shape index (κ3) is 4.43. The number of halogens is 1. The molecule has 0 aromatic heterocycles. The van der Waals surface area contributed by atoms with Gasteiger partial charge in [0.2, 0.25) is 0 Å². The van der Waals surface area contributed by atoms with Crippen molar-refractivity contribution in [3.63, 3.8) is 0 Å². The van der Waals surface area contributed by atoms with E-state index in [2.05, 4.69) is 0 Å². The summed E-state index contributed by atoms with van der Waals surface area (Å²) in [5, 5.41) is 10.5. The summed E-state index contributed by atoms with van der Waals surface area (Å²) in [6.07, 6.45) is 1.09. The molecule has 0 amide bonds. The van der Waals surface area contributed by atoms with Gasteiger partial charge in [0, 0.05) is 26.1 Å². The first-order valence-corrected chi connectivity index (χ1v) is 9.78. The van der Waals surface area contributed by atoms with Gasteiger partial charge in [0.25, 0.3) is 0 Å². The molecule has 154 valence electrons. The Morgan fingerprint density at radius 1 is 1.14 bits per heavy atom. The molecule has 0 saturated carbocycles. The van der Waals surface area contributed by atoms with Gasteiger partial charge in [-0.05, 0) is 57.9 Å². The second kappa shape index (κ2) is 7.79. The fourth-order valence-electron chi connectivity index (χ4n) is 3.19. The van der Waals surface area contributed by atoms with Crippen molar-refractivity contribution in [2.45, 2.75) is 64.3 Å². The van der Waals surface area contributed by atoms with Crippen LogP contribution in [0.25, 0.3) is 5.57 Å². The van der Waals surface area contributed by atoms with Crippen molar-refractivity contribution >= 4 is 12.7 Å². The van der Waals surface area contributed by atoms with Crippen LogP contribution in [0.1, 0.15) is 53.0 Å². The SMILES string of the molecule is CC(=C(F)B1OC(C)(C)C(C)(C)O1)c1cccc(OCC2(O)CCOCC2)c1. The molecule has 2 aliphatic rings. The van der Waals surface area contributed by atoms with Crippen molar-refractivity contribution in [3.05, 3.63) is 35.6 Å². The number of aliphatic hydroxyl groups is 1. The Hall–Kier alpha value is -1.41. The fraction of sp³-hybridized carbons (Fsp3) is 0.619. The summed E-state index contributed by atoms with van der Waals surface area (Å²) in [6, 6.07) is 7.19. The second-order valence-corrected chi connectivity index (χ2v) is 8.71. The lowest BCUT2D eigenvalue weighted by Crippen LogP contribution is -2.41. The van der Waals surface area contributed by atoms with Crippen LogP contribution in [-0.4, -0.2) is 48.8 Å². The van der Waals surface area contributed by atoms with Crippen LogP contribution < -0.4 is 4.74 Å². The van der Waals surface area contributed by atoms with Gasteiger partial charge in [-0.2, -0.15) is 0 Å². The normalized spacial score (nSPS) is 24.0. The highest BCUT2D eigenvalue weighted by atomic mass is 19.1. The van der Waals surface area contributed by atoms with Gasteiger partial charge < -0.3 is 23.9 Å². The number of hydrogen-bond acceptors (Lipinski definition) is 5. The minimum Gasteiger partial charge on any atom is -0.491 e. The Balaban J connectivity index is 1.73. The average Bonchev–Trinajstić information content (AvgIpc) is 2.87. The standard InChI is InChI=1S/C21H30BFO5/c1-15(18(23)22-27-19(2,3)20(4,5)28-22)16-7-6-8-17(13-16)26-14-21(24)9-11-25-12-10-21/h6-8,13,24H,9-12,14H2,1-5H3. The van der Waals surface area contributed by atoms with E-state index in [9.17, 15) is 5.11 Å². The van der Waals surface area contributed by atoms with Crippen LogP contribution >= 0.6 is 0 Å². The lowest BCUT2D eigenvalue weighted by molar-refractivity contribution is -0.0855. The number of ether oxygens (including phenoxy) is 2. The molecule has 0 atom stereocenters. The smallest absolute Gasteiger partial charge is 0.491 e. The van der Waals surface area contributed by atoms with E-state index in [4.69, 9.17) is 18.8 Å². The van der Waals surface area contributed by atoms with E-state index >= 15 is 4.39 Å². The summed E-state index contributed by atoms with van der Waals surface area (Å²) in [5.74, 6) is 0.582. The zero-order valence-corrected chi connectivity index (χ0v) is 17.4. The highest BCUT2D eigenvalue weighted by Gasteiger charge is 2.53. The van der Waals surface area contributed by atoms with Crippen molar-refractivity contribution in [1.82, 2.24) is 0 Å².